The van der Waals surface area contributed by atoms with Crippen molar-refractivity contribution >= 4 is 73.5 Å². The van der Waals surface area contributed by atoms with E-state index in [0.717, 1.165) is 37.9 Å². The first-order valence-corrected chi connectivity index (χ1v) is 14.2. The number of carbonyl (C=O) groups is 2. The SMILES string of the molecule is C=CCc1cc(/C=C2\SC(=S)N(NC(=O)c3cccs3)C2=O)cc(OCC)c1OCc1ccc(Br)cc1. The Morgan fingerprint density at radius 2 is 2.00 bits per heavy atom. The maximum absolute atomic E-state index is 13.1. The molecule has 0 unspecified atom stereocenters. The normalized spacial score (nSPS) is 14.2. The number of hydrogen-bond acceptors (Lipinski definition) is 7. The standard InChI is InChI=1S/C27H23BrN2O4S3/c1-3-6-19-13-18(14-21(33-4-2)24(19)34-16-17-8-10-20(28)11-9-17)15-23-26(32)30(27(35)37-23)29-25(31)22-7-5-12-36-22/h3,5,7-15H,1,4,6,16H2,2H3,(H,29,31)/b23-15-. The first-order valence-electron chi connectivity index (χ1n) is 11.3. The number of thioether (sulfide) groups is 1. The number of rotatable bonds is 10. The molecule has 0 radical (unpaired) electrons. The van der Waals surface area contributed by atoms with Crippen molar-refractivity contribution in [1.82, 2.24) is 10.4 Å². The molecule has 4 rings (SSSR count). The monoisotopic (exact) mass is 614 g/mol. The summed E-state index contributed by atoms with van der Waals surface area (Å²) < 4.78 is 13.4. The average Bonchev–Trinajstić information content (AvgIpc) is 3.50. The lowest BCUT2D eigenvalue weighted by atomic mass is 10.0. The minimum Gasteiger partial charge on any atom is -0.490 e. The Bertz CT molecular complexity index is 1350. The van der Waals surface area contributed by atoms with Crippen LogP contribution >= 0.6 is 51.2 Å². The van der Waals surface area contributed by atoms with Gasteiger partial charge in [0, 0.05) is 10.0 Å². The van der Waals surface area contributed by atoms with Crippen molar-refractivity contribution in [3.8, 4) is 11.5 Å². The van der Waals surface area contributed by atoms with Gasteiger partial charge in [0.15, 0.2) is 15.8 Å². The Balaban J connectivity index is 1.59. The molecule has 0 saturated carbocycles. The highest BCUT2D eigenvalue weighted by Gasteiger charge is 2.34. The predicted octanol–water partition coefficient (Wildman–Crippen LogP) is 6.76. The van der Waals surface area contributed by atoms with E-state index in [1.165, 1.54) is 11.3 Å². The van der Waals surface area contributed by atoms with E-state index in [-0.39, 0.29) is 10.2 Å². The van der Waals surface area contributed by atoms with E-state index < -0.39 is 5.91 Å². The molecule has 1 aliphatic rings. The quantitative estimate of drug-likeness (QED) is 0.154. The first-order chi connectivity index (χ1) is 17.9. The van der Waals surface area contributed by atoms with Crippen LogP contribution in [0.4, 0.5) is 0 Å². The van der Waals surface area contributed by atoms with E-state index in [4.69, 9.17) is 21.7 Å². The van der Waals surface area contributed by atoms with Crippen LogP contribution in [0.2, 0.25) is 0 Å². The van der Waals surface area contributed by atoms with Crippen LogP contribution in [0.25, 0.3) is 6.08 Å². The van der Waals surface area contributed by atoms with Gasteiger partial charge in [0.05, 0.1) is 16.4 Å². The van der Waals surface area contributed by atoms with Crippen molar-refractivity contribution in [3.05, 3.63) is 97.5 Å². The molecule has 6 nitrogen and oxygen atoms in total. The Morgan fingerprint density at radius 1 is 1.22 bits per heavy atom. The summed E-state index contributed by atoms with van der Waals surface area (Å²) in [5, 5.41) is 2.90. The van der Waals surface area contributed by atoms with Crippen LogP contribution in [-0.2, 0) is 17.8 Å². The highest BCUT2D eigenvalue weighted by molar-refractivity contribution is 9.10. The molecule has 1 fully saturated rings. The van der Waals surface area contributed by atoms with Gasteiger partial charge in [-0.05, 0) is 78.5 Å². The molecule has 2 aromatic carbocycles. The molecule has 0 spiro atoms. The molecule has 2 heterocycles. The lowest BCUT2D eigenvalue weighted by molar-refractivity contribution is -0.123. The number of carbonyl (C=O) groups excluding carboxylic acids is 2. The zero-order valence-electron chi connectivity index (χ0n) is 19.9. The Labute approximate surface area is 237 Å². The smallest absolute Gasteiger partial charge is 0.285 e. The van der Waals surface area contributed by atoms with Gasteiger partial charge in [-0.3, -0.25) is 15.0 Å². The summed E-state index contributed by atoms with van der Waals surface area (Å²) in [4.78, 5) is 26.4. The summed E-state index contributed by atoms with van der Waals surface area (Å²) >= 11 is 11.2. The lowest BCUT2D eigenvalue weighted by Gasteiger charge is -2.17. The van der Waals surface area contributed by atoms with Gasteiger partial charge in [0.1, 0.15) is 6.61 Å². The van der Waals surface area contributed by atoms with Crippen LogP contribution in [0, 0.1) is 0 Å². The van der Waals surface area contributed by atoms with E-state index >= 15 is 0 Å². The second kappa shape index (κ2) is 12.6. The van der Waals surface area contributed by atoms with Gasteiger partial charge in [0.2, 0.25) is 0 Å². The number of ether oxygens (including phenoxy) is 2. The number of benzene rings is 2. The van der Waals surface area contributed by atoms with Crippen molar-refractivity contribution in [3.63, 3.8) is 0 Å². The minimum absolute atomic E-state index is 0.256. The van der Waals surface area contributed by atoms with E-state index in [9.17, 15) is 9.59 Å². The minimum atomic E-state index is -0.390. The van der Waals surface area contributed by atoms with E-state index in [0.29, 0.717) is 40.9 Å². The highest BCUT2D eigenvalue weighted by atomic mass is 79.9. The van der Waals surface area contributed by atoms with Crippen molar-refractivity contribution < 1.29 is 19.1 Å². The molecule has 37 heavy (non-hydrogen) atoms. The summed E-state index contributed by atoms with van der Waals surface area (Å²) in [7, 11) is 0. The highest BCUT2D eigenvalue weighted by Crippen LogP contribution is 2.37. The van der Waals surface area contributed by atoms with Crippen LogP contribution in [0.3, 0.4) is 0 Å². The van der Waals surface area contributed by atoms with Crippen LogP contribution in [-0.4, -0.2) is 27.8 Å². The molecular formula is C27H23BrN2O4S3. The number of thiocarbonyl (C=S) groups is 1. The fourth-order valence-corrected chi connectivity index (χ4v) is 5.57. The molecule has 0 bridgehead atoms. The fourth-order valence-electron chi connectivity index (χ4n) is 3.52. The topological polar surface area (TPSA) is 67.9 Å². The fraction of sp³-hybridized carbons (Fsp3) is 0.148. The average molecular weight is 616 g/mol. The number of allylic oxidation sites excluding steroid dienone is 1. The van der Waals surface area contributed by atoms with Gasteiger partial charge in [-0.2, -0.15) is 5.01 Å². The van der Waals surface area contributed by atoms with Crippen molar-refractivity contribution in [2.75, 3.05) is 6.61 Å². The second-order valence-corrected chi connectivity index (χ2v) is 11.3. The van der Waals surface area contributed by atoms with Crippen molar-refractivity contribution in [2.24, 2.45) is 0 Å². The van der Waals surface area contributed by atoms with E-state index in [2.05, 4.69) is 27.9 Å². The summed E-state index contributed by atoms with van der Waals surface area (Å²) in [5.41, 5.74) is 5.25. The second-order valence-electron chi connectivity index (χ2n) is 7.78. The van der Waals surface area contributed by atoms with Crippen LogP contribution in [0.15, 0.2) is 75.9 Å². The molecule has 3 aromatic rings. The summed E-state index contributed by atoms with van der Waals surface area (Å²) in [6, 6.07) is 15.2. The zero-order valence-corrected chi connectivity index (χ0v) is 23.9. The molecule has 1 aromatic heterocycles. The van der Waals surface area contributed by atoms with Gasteiger partial charge in [-0.1, -0.05) is 52.0 Å². The number of halogens is 1. The molecule has 0 atom stereocenters. The number of nitrogens with zero attached hydrogens (tertiary/aromatic N) is 1. The van der Waals surface area contributed by atoms with Gasteiger partial charge in [-0.15, -0.1) is 17.9 Å². The third-order valence-corrected chi connectivity index (χ3v) is 7.86. The van der Waals surface area contributed by atoms with Crippen molar-refractivity contribution in [1.29, 1.82) is 0 Å². The van der Waals surface area contributed by atoms with Gasteiger partial charge in [-0.25, -0.2) is 0 Å². The molecule has 10 heteroatoms. The largest absolute Gasteiger partial charge is 0.490 e. The molecular weight excluding hydrogens is 592 g/mol. The molecule has 1 saturated heterocycles. The van der Waals surface area contributed by atoms with Crippen LogP contribution in [0.1, 0.15) is 33.3 Å². The third-order valence-electron chi connectivity index (χ3n) is 5.16. The van der Waals surface area contributed by atoms with Crippen LogP contribution in [0.5, 0.6) is 11.5 Å². The maximum atomic E-state index is 13.1. The summed E-state index contributed by atoms with van der Waals surface area (Å²) in [6.07, 6.45) is 4.08. The first kappa shape index (κ1) is 27.1. The Morgan fingerprint density at radius 3 is 2.68 bits per heavy atom. The number of thiophene rings is 1. The van der Waals surface area contributed by atoms with Crippen LogP contribution < -0.4 is 14.9 Å². The summed E-state index contributed by atoms with van der Waals surface area (Å²) in [5.74, 6) is 0.440. The molecule has 1 N–H and O–H groups in total. The lowest BCUT2D eigenvalue weighted by Crippen LogP contribution is -2.44. The van der Waals surface area contributed by atoms with Gasteiger partial charge >= 0.3 is 0 Å². The zero-order chi connectivity index (χ0) is 26.4. The van der Waals surface area contributed by atoms with Gasteiger partial charge < -0.3 is 9.47 Å². The van der Waals surface area contributed by atoms with Gasteiger partial charge in [0.25, 0.3) is 11.8 Å². The molecule has 1 aliphatic heterocycles. The number of hydrazine groups is 1. The third kappa shape index (κ3) is 6.70. The van der Waals surface area contributed by atoms with E-state index in [1.54, 1.807) is 29.7 Å². The Hall–Kier alpha value is -2.92. The predicted molar refractivity (Wildman–Crippen MR) is 157 cm³/mol. The van der Waals surface area contributed by atoms with E-state index in [1.807, 2.05) is 43.3 Å². The molecule has 2 amide bonds. The molecule has 190 valence electrons. The Kier molecular flexibility index (Phi) is 9.20. The number of amides is 2. The van der Waals surface area contributed by atoms with Crippen molar-refractivity contribution in [2.45, 2.75) is 20.0 Å². The number of nitrogens with one attached hydrogen (secondary N) is 1. The summed E-state index contributed by atoms with van der Waals surface area (Å²) in [6.45, 7) is 6.60. The number of hydrogen-bond donors (Lipinski definition) is 1. The maximum Gasteiger partial charge on any atom is 0.285 e. The molecule has 0 aliphatic carbocycles.